The molecule has 3 heterocycles. The molecule has 0 aliphatic carbocycles. The van der Waals surface area contributed by atoms with Crippen molar-refractivity contribution >= 4 is 22.9 Å². The molecule has 0 atom stereocenters. The number of fused-ring (bicyclic) bond motifs is 1. The highest BCUT2D eigenvalue weighted by atomic mass is 15.6. The second-order valence-corrected chi connectivity index (χ2v) is 3.15. The zero-order valence-electron chi connectivity index (χ0n) is 8.15. The summed E-state index contributed by atoms with van der Waals surface area (Å²) in [5.41, 5.74) is 12.2. The highest BCUT2D eigenvalue weighted by Crippen LogP contribution is 2.16. The number of hydrogen-bond donors (Lipinski definition) is 2. The van der Waals surface area contributed by atoms with E-state index in [0.717, 1.165) is 0 Å². The summed E-state index contributed by atoms with van der Waals surface area (Å²) in [6.07, 6.45) is 4.97. The average Bonchev–Trinajstić information content (AvgIpc) is 2.83. The van der Waals surface area contributed by atoms with E-state index in [1.807, 2.05) is 0 Å². The number of nitrogens with two attached hydrogens (primary N) is 2. The zero-order chi connectivity index (χ0) is 11.1. The monoisotopic (exact) mass is 216 g/mol. The van der Waals surface area contributed by atoms with Gasteiger partial charge in [-0.3, -0.25) is 0 Å². The molecule has 0 aromatic carbocycles. The van der Waals surface area contributed by atoms with Crippen LogP contribution in [0.4, 0.5) is 11.8 Å². The van der Waals surface area contributed by atoms with Crippen molar-refractivity contribution in [2.45, 2.75) is 0 Å². The van der Waals surface area contributed by atoms with Crippen molar-refractivity contribution in [1.82, 2.24) is 29.5 Å². The van der Waals surface area contributed by atoms with Gasteiger partial charge in [0.2, 0.25) is 5.95 Å². The average molecular weight is 216 g/mol. The Bertz CT molecular complexity index is 637. The first-order valence-corrected chi connectivity index (χ1v) is 4.52. The minimum Gasteiger partial charge on any atom is -0.382 e. The molecule has 8 heteroatoms. The predicted molar refractivity (Wildman–Crippen MR) is 57.2 cm³/mol. The van der Waals surface area contributed by atoms with E-state index in [-0.39, 0.29) is 11.8 Å². The van der Waals surface area contributed by atoms with E-state index in [4.69, 9.17) is 11.5 Å². The molecule has 16 heavy (non-hydrogen) atoms. The van der Waals surface area contributed by atoms with Crippen molar-refractivity contribution in [2.24, 2.45) is 0 Å². The Hall–Kier alpha value is -2.64. The van der Waals surface area contributed by atoms with Crippen LogP contribution in [-0.2, 0) is 0 Å². The first kappa shape index (κ1) is 8.65. The van der Waals surface area contributed by atoms with E-state index in [0.29, 0.717) is 11.2 Å². The molecular formula is C8H8N8. The molecule has 0 spiro atoms. The van der Waals surface area contributed by atoms with E-state index in [1.54, 1.807) is 34.3 Å². The summed E-state index contributed by atoms with van der Waals surface area (Å²) in [5.74, 6) is 0.368. The maximum atomic E-state index is 5.69. The maximum Gasteiger partial charge on any atom is 0.224 e. The molecule has 0 saturated carbocycles. The summed E-state index contributed by atoms with van der Waals surface area (Å²) in [6, 6.07) is 1.79. The van der Waals surface area contributed by atoms with Gasteiger partial charge in [-0.25, -0.2) is 9.66 Å². The van der Waals surface area contributed by atoms with Crippen LogP contribution in [0.15, 0.2) is 24.8 Å². The van der Waals surface area contributed by atoms with Crippen molar-refractivity contribution in [3.63, 3.8) is 0 Å². The number of rotatable bonds is 1. The van der Waals surface area contributed by atoms with Crippen molar-refractivity contribution in [3.8, 4) is 0 Å². The smallest absolute Gasteiger partial charge is 0.224 e. The van der Waals surface area contributed by atoms with Gasteiger partial charge in [-0.1, -0.05) is 0 Å². The molecule has 0 fully saturated rings. The molecule has 8 nitrogen and oxygen atoms in total. The van der Waals surface area contributed by atoms with Crippen molar-refractivity contribution in [2.75, 3.05) is 11.5 Å². The SMILES string of the molecule is Nc1nc(N)c2ncn(-n3cccn3)c2n1. The fraction of sp³-hybridized carbons (Fsp3) is 0. The lowest BCUT2D eigenvalue weighted by atomic mass is 10.5. The lowest BCUT2D eigenvalue weighted by molar-refractivity contribution is 0.586. The molecule has 80 valence electrons. The van der Waals surface area contributed by atoms with Crippen LogP contribution in [-0.4, -0.2) is 29.5 Å². The maximum absolute atomic E-state index is 5.69. The Kier molecular flexibility index (Phi) is 1.58. The van der Waals surface area contributed by atoms with E-state index < -0.39 is 0 Å². The summed E-state index contributed by atoms with van der Waals surface area (Å²) >= 11 is 0. The Labute approximate surface area is 89.5 Å². The minimum atomic E-state index is 0.110. The van der Waals surface area contributed by atoms with Crippen LogP contribution in [0, 0.1) is 0 Å². The molecule has 3 rings (SSSR count). The van der Waals surface area contributed by atoms with Crippen LogP contribution >= 0.6 is 0 Å². The topological polar surface area (TPSA) is 113 Å². The number of imidazole rings is 1. The third-order valence-electron chi connectivity index (χ3n) is 2.13. The van der Waals surface area contributed by atoms with Gasteiger partial charge in [0.1, 0.15) is 6.33 Å². The van der Waals surface area contributed by atoms with E-state index in [1.165, 1.54) is 0 Å². The number of nitrogens with zero attached hydrogens (tertiary/aromatic N) is 6. The highest BCUT2D eigenvalue weighted by Gasteiger charge is 2.10. The molecule has 0 aliphatic heterocycles. The Morgan fingerprint density at radius 2 is 2.06 bits per heavy atom. The summed E-state index contributed by atoms with van der Waals surface area (Å²) in [6.45, 7) is 0. The lowest BCUT2D eigenvalue weighted by Crippen LogP contribution is -2.10. The van der Waals surface area contributed by atoms with Crippen LogP contribution in [0.25, 0.3) is 11.2 Å². The third kappa shape index (κ3) is 1.10. The fourth-order valence-corrected chi connectivity index (χ4v) is 1.47. The number of anilines is 2. The van der Waals surface area contributed by atoms with Crippen LogP contribution in [0.3, 0.4) is 0 Å². The molecule has 4 N–H and O–H groups in total. The second-order valence-electron chi connectivity index (χ2n) is 3.15. The van der Waals surface area contributed by atoms with Gasteiger partial charge in [-0.05, 0) is 6.07 Å². The Morgan fingerprint density at radius 1 is 1.19 bits per heavy atom. The van der Waals surface area contributed by atoms with Gasteiger partial charge in [-0.15, -0.1) is 0 Å². The quantitative estimate of drug-likeness (QED) is 0.566. The number of hydrogen-bond acceptors (Lipinski definition) is 6. The van der Waals surface area contributed by atoms with Crippen molar-refractivity contribution in [1.29, 1.82) is 0 Å². The normalized spacial score (nSPS) is 11.0. The van der Waals surface area contributed by atoms with Crippen LogP contribution < -0.4 is 11.5 Å². The van der Waals surface area contributed by atoms with Gasteiger partial charge in [0.25, 0.3) is 0 Å². The fourth-order valence-electron chi connectivity index (χ4n) is 1.47. The lowest BCUT2D eigenvalue weighted by Gasteiger charge is -2.02. The molecule has 0 aliphatic rings. The zero-order valence-corrected chi connectivity index (χ0v) is 8.15. The van der Waals surface area contributed by atoms with Gasteiger partial charge >= 0.3 is 0 Å². The first-order chi connectivity index (χ1) is 7.75. The van der Waals surface area contributed by atoms with Gasteiger partial charge in [-0.2, -0.15) is 19.9 Å². The largest absolute Gasteiger partial charge is 0.382 e. The summed E-state index contributed by atoms with van der Waals surface area (Å²) < 4.78 is 1.63. The molecule has 0 amide bonds. The summed E-state index contributed by atoms with van der Waals surface area (Å²) in [7, 11) is 0. The molecule has 0 saturated heterocycles. The van der Waals surface area contributed by atoms with E-state index in [2.05, 4.69) is 20.1 Å². The van der Waals surface area contributed by atoms with E-state index in [9.17, 15) is 0 Å². The molecule has 0 radical (unpaired) electrons. The van der Waals surface area contributed by atoms with Crippen molar-refractivity contribution < 1.29 is 0 Å². The minimum absolute atomic E-state index is 0.110. The highest BCUT2D eigenvalue weighted by molar-refractivity contribution is 5.82. The van der Waals surface area contributed by atoms with E-state index >= 15 is 0 Å². The van der Waals surface area contributed by atoms with Crippen LogP contribution in [0.1, 0.15) is 0 Å². The van der Waals surface area contributed by atoms with Crippen LogP contribution in [0.2, 0.25) is 0 Å². The Balaban J connectivity index is 2.35. The third-order valence-corrected chi connectivity index (χ3v) is 2.13. The molecule has 0 unspecified atom stereocenters. The summed E-state index contributed by atoms with van der Waals surface area (Å²) in [5, 5.41) is 4.07. The molecular weight excluding hydrogens is 208 g/mol. The Morgan fingerprint density at radius 3 is 2.81 bits per heavy atom. The molecule has 3 aromatic heterocycles. The first-order valence-electron chi connectivity index (χ1n) is 4.52. The van der Waals surface area contributed by atoms with Crippen molar-refractivity contribution in [3.05, 3.63) is 24.8 Å². The van der Waals surface area contributed by atoms with Gasteiger partial charge in [0.05, 0.1) is 6.20 Å². The predicted octanol–water partition coefficient (Wildman–Crippen LogP) is -0.501. The summed E-state index contributed by atoms with van der Waals surface area (Å²) in [4.78, 5) is 13.6. The standard InChI is InChI=1S/C8H8N8/c9-6-5-7(14-8(10)13-6)15(4-11-5)16-3-1-2-12-16/h1-4H,(H4,9,10,13,14). The molecule has 0 bridgehead atoms. The number of nitrogen functional groups attached to an aromatic ring is 2. The van der Waals surface area contributed by atoms with Gasteiger partial charge < -0.3 is 11.5 Å². The van der Waals surface area contributed by atoms with Gasteiger partial charge in [0.15, 0.2) is 17.0 Å². The second kappa shape index (κ2) is 2.92. The molecule has 3 aromatic rings. The van der Waals surface area contributed by atoms with Gasteiger partial charge in [0, 0.05) is 6.20 Å². The van der Waals surface area contributed by atoms with Crippen LogP contribution in [0.5, 0.6) is 0 Å². The number of aromatic nitrogens is 6.